The van der Waals surface area contributed by atoms with Gasteiger partial charge in [0.05, 0.1) is 28.8 Å². The number of aliphatic hydroxyl groups excluding tert-OH is 1. The minimum absolute atomic E-state index is 0.0618. The third-order valence-corrected chi connectivity index (χ3v) is 4.07. The fraction of sp³-hybridized carbons (Fsp3) is 0.611. The highest BCUT2D eigenvalue weighted by Crippen LogP contribution is 2.29. The summed E-state index contributed by atoms with van der Waals surface area (Å²) < 4.78 is 1.90. The Morgan fingerprint density at radius 3 is 2.50 bits per heavy atom. The molecule has 0 atom stereocenters. The molecule has 1 amide bonds. The summed E-state index contributed by atoms with van der Waals surface area (Å²) in [6.45, 7) is 12.5. The van der Waals surface area contributed by atoms with Gasteiger partial charge in [0.1, 0.15) is 0 Å². The summed E-state index contributed by atoms with van der Waals surface area (Å²) in [6.07, 6.45) is 0. The van der Waals surface area contributed by atoms with Crippen LogP contribution in [0.4, 0.5) is 0 Å². The zero-order chi connectivity index (χ0) is 18.2. The summed E-state index contributed by atoms with van der Waals surface area (Å²) >= 11 is 0. The Morgan fingerprint density at radius 1 is 1.38 bits per heavy atom. The summed E-state index contributed by atoms with van der Waals surface area (Å²) in [4.78, 5) is 19.2. The van der Waals surface area contributed by atoms with E-state index in [2.05, 4.69) is 39.7 Å². The smallest absolute Gasteiger partial charge is 0.254 e. The van der Waals surface area contributed by atoms with Crippen LogP contribution in [-0.2, 0) is 5.54 Å². The fourth-order valence-electron chi connectivity index (χ4n) is 2.70. The van der Waals surface area contributed by atoms with Gasteiger partial charge in [0.15, 0.2) is 5.65 Å². The molecule has 0 radical (unpaired) electrons. The number of carbonyl (C=O) groups is 1. The van der Waals surface area contributed by atoms with Crippen molar-refractivity contribution in [2.75, 3.05) is 20.2 Å². The largest absolute Gasteiger partial charge is 0.395 e. The lowest BCUT2D eigenvalue weighted by molar-refractivity contribution is 0.0768. The van der Waals surface area contributed by atoms with Crippen LogP contribution in [0.1, 0.15) is 62.3 Å². The van der Waals surface area contributed by atoms with Crippen LogP contribution in [0.25, 0.3) is 11.0 Å². The second kappa shape index (κ2) is 6.51. The Labute approximate surface area is 143 Å². The van der Waals surface area contributed by atoms with E-state index in [0.29, 0.717) is 12.1 Å². The lowest BCUT2D eigenvalue weighted by atomic mass is 10.0. The molecule has 0 aromatic carbocycles. The van der Waals surface area contributed by atoms with Crippen molar-refractivity contribution in [3.63, 3.8) is 0 Å². The number of pyridine rings is 1. The predicted molar refractivity (Wildman–Crippen MR) is 95.4 cm³/mol. The zero-order valence-corrected chi connectivity index (χ0v) is 15.7. The molecule has 24 heavy (non-hydrogen) atoms. The lowest BCUT2D eigenvalue weighted by Crippen LogP contribution is -2.30. The molecule has 2 aromatic rings. The molecule has 0 aliphatic rings. The van der Waals surface area contributed by atoms with E-state index in [-0.39, 0.29) is 24.0 Å². The Balaban J connectivity index is 2.78. The fourth-order valence-corrected chi connectivity index (χ4v) is 2.70. The average molecular weight is 332 g/mol. The topological polar surface area (TPSA) is 71.2 Å². The van der Waals surface area contributed by atoms with E-state index in [1.54, 1.807) is 7.05 Å². The maximum absolute atomic E-state index is 12.9. The molecule has 0 saturated heterocycles. The number of likely N-dealkylation sites (N-methyl/N-ethyl adjacent to an activating group) is 1. The SMILES string of the molecule is Cc1nn(C(C)(C)C)c2nc(C(C)C)cc(C(=O)N(C)CCO)c12. The number of hydrogen-bond donors (Lipinski definition) is 1. The molecule has 6 heteroatoms. The van der Waals surface area contributed by atoms with Crippen LogP contribution in [0, 0.1) is 6.92 Å². The van der Waals surface area contributed by atoms with E-state index < -0.39 is 0 Å². The van der Waals surface area contributed by atoms with Crippen LogP contribution < -0.4 is 0 Å². The van der Waals surface area contributed by atoms with Gasteiger partial charge in [0.25, 0.3) is 5.91 Å². The highest BCUT2D eigenvalue weighted by molar-refractivity contribution is 6.06. The molecule has 0 bridgehead atoms. The van der Waals surface area contributed by atoms with E-state index in [0.717, 1.165) is 22.4 Å². The van der Waals surface area contributed by atoms with Crippen LogP contribution in [0.3, 0.4) is 0 Å². The number of aryl methyl sites for hydroxylation is 1. The molecule has 0 aliphatic heterocycles. The standard InChI is InChI=1S/C18H28N4O2/c1-11(2)14-10-13(17(24)21(7)8-9-23)15-12(3)20-22(16(15)19-14)18(4,5)6/h10-11,23H,8-9H2,1-7H3. The Kier molecular flexibility index (Phi) is 4.99. The monoisotopic (exact) mass is 332 g/mol. The predicted octanol–water partition coefficient (Wildman–Crippen LogP) is 2.68. The van der Waals surface area contributed by atoms with Crippen molar-refractivity contribution in [1.29, 1.82) is 0 Å². The highest BCUT2D eigenvalue weighted by atomic mass is 16.3. The number of aliphatic hydroxyl groups is 1. The van der Waals surface area contributed by atoms with Gasteiger partial charge in [0.2, 0.25) is 0 Å². The molecular weight excluding hydrogens is 304 g/mol. The van der Waals surface area contributed by atoms with Gasteiger partial charge in [-0.2, -0.15) is 5.10 Å². The Morgan fingerprint density at radius 2 is 2.00 bits per heavy atom. The summed E-state index contributed by atoms with van der Waals surface area (Å²) in [5.74, 6) is 0.0858. The third kappa shape index (κ3) is 3.29. The molecule has 132 valence electrons. The van der Waals surface area contributed by atoms with E-state index in [1.807, 2.05) is 17.7 Å². The highest BCUT2D eigenvalue weighted by Gasteiger charge is 2.26. The maximum atomic E-state index is 12.9. The molecule has 0 unspecified atom stereocenters. The van der Waals surface area contributed by atoms with Crippen LogP contribution in [0.15, 0.2) is 6.07 Å². The van der Waals surface area contributed by atoms with Gasteiger partial charge in [-0.25, -0.2) is 9.67 Å². The van der Waals surface area contributed by atoms with Crippen molar-refractivity contribution < 1.29 is 9.90 Å². The number of nitrogens with zero attached hydrogens (tertiary/aromatic N) is 4. The quantitative estimate of drug-likeness (QED) is 0.934. The lowest BCUT2D eigenvalue weighted by Gasteiger charge is -2.21. The van der Waals surface area contributed by atoms with Crippen molar-refractivity contribution >= 4 is 16.9 Å². The summed E-state index contributed by atoms with van der Waals surface area (Å²) in [6, 6.07) is 1.87. The molecule has 1 N–H and O–H groups in total. The van der Waals surface area contributed by atoms with Gasteiger partial charge in [-0.1, -0.05) is 13.8 Å². The van der Waals surface area contributed by atoms with E-state index in [9.17, 15) is 4.79 Å². The van der Waals surface area contributed by atoms with E-state index in [1.165, 1.54) is 4.90 Å². The van der Waals surface area contributed by atoms with E-state index >= 15 is 0 Å². The van der Waals surface area contributed by atoms with Crippen LogP contribution >= 0.6 is 0 Å². The number of carbonyl (C=O) groups excluding carboxylic acids is 1. The number of rotatable bonds is 4. The van der Waals surface area contributed by atoms with Crippen molar-refractivity contribution in [1.82, 2.24) is 19.7 Å². The number of fused-ring (bicyclic) bond motifs is 1. The van der Waals surface area contributed by atoms with Crippen molar-refractivity contribution in [2.24, 2.45) is 0 Å². The summed E-state index contributed by atoms with van der Waals surface area (Å²) in [5, 5.41) is 14.6. The van der Waals surface area contributed by atoms with Gasteiger partial charge in [-0.05, 0) is 39.7 Å². The Bertz CT molecular complexity index is 756. The molecule has 0 spiro atoms. The van der Waals surface area contributed by atoms with Crippen molar-refractivity contribution in [3.8, 4) is 0 Å². The van der Waals surface area contributed by atoms with Crippen LogP contribution in [0.5, 0.6) is 0 Å². The molecule has 2 rings (SSSR count). The van der Waals surface area contributed by atoms with Crippen LogP contribution in [0.2, 0.25) is 0 Å². The minimum atomic E-state index is -0.230. The normalized spacial score (nSPS) is 12.2. The van der Waals surface area contributed by atoms with E-state index in [4.69, 9.17) is 10.1 Å². The number of aromatic nitrogens is 3. The van der Waals surface area contributed by atoms with Gasteiger partial charge >= 0.3 is 0 Å². The van der Waals surface area contributed by atoms with Crippen LogP contribution in [-0.4, -0.2) is 50.9 Å². The second-order valence-corrected chi connectivity index (χ2v) is 7.57. The second-order valence-electron chi connectivity index (χ2n) is 7.57. The van der Waals surface area contributed by atoms with Gasteiger partial charge < -0.3 is 10.0 Å². The molecule has 2 aromatic heterocycles. The number of hydrogen-bond acceptors (Lipinski definition) is 4. The molecule has 0 saturated carbocycles. The zero-order valence-electron chi connectivity index (χ0n) is 15.7. The molecule has 2 heterocycles. The first-order chi connectivity index (χ1) is 11.1. The van der Waals surface area contributed by atoms with Crippen molar-refractivity contribution in [2.45, 2.75) is 53.0 Å². The summed E-state index contributed by atoms with van der Waals surface area (Å²) in [7, 11) is 1.70. The molecule has 0 fully saturated rings. The van der Waals surface area contributed by atoms with Gasteiger partial charge in [0, 0.05) is 19.3 Å². The summed E-state index contributed by atoms with van der Waals surface area (Å²) in [5.41, 5.74) is 2.78. The molecule has 6 nitrogen and oxygen atoms in total. The first kappa shape index (κ1) is 18.4. The first-order valence-electron chi connectivity index (χ1n) is 8.35. The minimum Gasteiger partial charge on any atom is -0.395 e. The van der Waals surface area contributed by atoms with Gasteiger partial charge in [-0.3, -0.25) is 4.79 Å². The molecule has 0 aliphatic carbocycles. The number of amides is 1. The third-order valence-electron chi connectivity index (χ3n) is 4.07. The molecular formula is C18H28N4O2. The first-order valence-corrected chi connectivity index (χ1v) is 8.35. The van der Waals surface area contributed by atoms with Crippen molar-refractivity contribution in [3.05, 3.63) is 23.0 Å². The maximum Gasteiger partial charge on any atom is 0.254 e. The average Bonchev–Trinajstić information content (AvgIpc) is 2.83. The van der Waals surface area contributed by atoms with Gasteiger partial charge in [-0.15, -0.1) is 0 Å². The Hall–Kier alpha value is -1.95.